The van der Waals surface area contributed by atoms with Crippen LogP contribution in [0.4, 0.5) is 4.79 Å². The normalized spacial score (nSPS) is 19.1. The van der Waals surface area contributed by atoms with Crippen LogP contribution in [0.5, 0.6) is 0 Å². The molecule has 1 unspecified atom stereocenters. The number of amides is 2. The number of nitrogens with one attached hydrogen (secondary N) is 1. The van der Waals surface area contributed by atoms with Crippen LogP contribution in [0, 0.1) is 0 Å². The van der Waals surface area contributed by atoms with Gasteiger partial charge in [0.1, 0.15) is 6.61 Å². The van der Waals surface area contributed by atoms with Gasteiger partial charge in [-0.2, -0.15) is 0 Å². The second-order valence-electron chi connectivity index (χ2n) is 7.33. The second-order valence-corrected chi connectivity index (χ2v) is 7.77. The van der Waals surface area contributed by atoms with Gasteiger partial charge in [0.15, 0.2) is 0 Å². The van der Waals surface area contributed by atoms with Crippen molar-refractivity contribution in [3.8, 4) is 0 Å². The predicted molar refractivity (Wildman–Crippen MR) is 109 cm³/mol. The van der Waals surface area contributed by atoms with Crippen LogP contribution in [0.25, 0.3) is 0 Å². The molecule has 0 saturated carbocycles. The molecule has 1 heterocycles. The summed E-state index contributed by atoms with van der Waals surface area (Å²) in [4.78, 5) is 26.2. The summed E-state index contributed by atoms with van der Waals surface area (Å²) in [6, 6.07) is 17.2. The highest BCUT2D eigenvalue weighted by molar-refractivity contribution is 6.30. The summed E-state index contributed by atoms with van der Waals surface area (Å²) in [6.07, 6.45) is 1.88. The zero-order chi connectivity index (χ0) is 20.0. The highest BCUT2D eigenvalue weighted by Gasteiger charge is 2.38. The lowest BCUT2D eigenvalue weighted by atomic mass is 9.83. The van der Waals surface area contributed by atoms with Gasteiger partial charge in [0.05, 0.1) is 5.54 Å². The van der Waals surface area contributed by atoms with Crippen molar-refractivity contribution in [3.63, 3.8) is 0 Å². The molecule has 1 aliphatic rings. The Kier molecular flexibility index (Phi) is 6.57. The fourth-order valence-electron chi connectivity index (χ4n) is 3.76. The Morgan fingerprint density at radius 1 is 1.11 bits per heavy atom. The first-order chi connectivity index (χ1) is 13.5. The highest BCUT2D eigenvalue weighted by atomic mass is 35.5. The van der Waals surface area contributed by atoms with E-state index in [1.807, 2.05) is 54.6 Å². The first-order valence-corrected chi connectivity index (χ1v) is 9.82. The number of rotatable bonds is 5. The van der Waals surface area contributed by atoms with Crippen molar-refractivity contribution in [1.29, 1.82) is 0 Å². The molecule has 2 amide bonds. The third-order valence-corrected chi connectivity index (χ3v) is 5.19. The summed E-state index contributed by atoms with van der Waals surface area (Å²) in [7, 11) is 0. The minimum absolute atomic E-state index is 0.103. The average molecular weight is 401 g/mol. The summed E-state index contributed by atoms with van der Waals surface area (Å²) in [5, 5.41) is 3.77. The van der Waals surface area contributed by atoms with Crippen molar-refractivity contribution in [3.05, 3.63) is 70.7 Å². The maximum atomic E-state index is 12.6. The lowest BCUT2D eigenvalue weighted by Gasteiger charge is -2.43. The van der Waals surface area contributed by atoms with Gasteiger partial charge in [-0.3, -0.25) is 4.79 Å². The van der Waals surface area contributed by atoms with Crippen LogP contribution in [-0.4, -0.2) is 35.5 Å². The molecule has 1 aliphatic heterocycles. The van der Waals surface area contributed by atoms with E-state index in [0.717, 1.165) is 24.0 Å². The van der Waals surface area contributed by atoms with E-state index in [4.69, 9.17) is 16.3 Å². The maximum Gasteiger partial charge on any atom is 0.410 e. The van der Waals surface area contributed by atoms with Crippen LogP contribution in [0.15, 0.2) is 54.6 Å². The molecular formula is C22H25ClN2O3. The van der Waals surface area contributed by atoms with Crippen molar-refractivity contribution in [1.82, 2.24) is 10.2 Å². The van der Waals surface area contributed by atoms with Gasteiger partial charge in [-0.05, 0) is 42.5 Å². The predicted octanol–water partition coefficient (Wildman–Crippen LogP) is 4.19. The highest BCUT2D eigenvalue weighted by Crippen LogP contribution is 2.27. The maximum absolute atomic E-state index is 12.6. The third-order valence-electron chi connectivity index (χ3n) is 4.94. The molecule has 1 fully saturated rings. The number of carbonyl (C=O) groups is 2. The van der Waals surface area contributed by atoms with Gasteiger partial charge in [-0.25, -0.2) is 4.79 Å². The van der Waals surface area contributed by atoms with Gasteiger partial charge in [0.25, 0.3) is 0 Å². The zero-order valence-corrected chi connectivity index (χ0v) is 16.7. The van der Waals surface area contributed by atoms with Crippen LogP contribution >= 0.6 is 11.6 Å². The largest absolute Gasteiger partial charge is 0.445 e. The van der Waals surface area contributed by atoms with Crippen molar-refractivity contribution in [2.24, 2.45) is 0 Å². The monoisotopic (exact) mass is 400 g/mol. The molecule has 2 aromatic rings. The number of hydrogen-bond acceptors (Lipinski definition) is 3. The van der Waals surface area contributed by atoms with Crippen molar-refractivity contribution >= 4 is 23.6 Å². The lowest BCUT2D eigenvalue weighted by Crippen LogP contribution is -2.60. The fourth-order valence-corrected chi connectivity index (χ4v) is 3.88. The number of hydrogen-bond donors (Lipinski definition) is 1. The van der Waals surface area contributed by atoms with Gasteiger partial charge >= 0.3 is 6.09 Å². The molecule has 1 atom stereocenters. The topological polar surface area (TPSA) is 58.6 Å². The van der Waals surface area contributed by atoms with Crippen LogP contribution < -0.4 is 5.32 Å². The van der Waals surface area contributed by atoms with E-state index in [1.54, 1.807) is 4.90 Å². The zero-order valence-electron chi connectivity index (χ0n) is 16.0. The van der Waals surface area contributed by atoms with E-state index < -0.39 is 5.54 Å². The van der Waals surface area contributed by atoms with Crippen LogP contribution in [-0.2, 0) is 22.6 Å². The summed E-state index contributed by atoms with van der Waals surface area (Å²) in [5.74, 6) is -0.103. The number of halogens is 1. The molecule has 3 rings (SSSR count). The molecule has 0 aliphatic carbocycles. The Balaban J connectivity index is 1.69. The number of likely N-dealkylation sites (tertiary alicyclic amines) is 1. The Morgan fingerprint density at radius 2 is 1.82 bits per heavy atom. The molecule has 2 aromatic carbocycles. The average Bonchev–Trinajstić information content (AvgIpc) is 2.68. The molecular weight excluding hydrogens is 376 g/mol. The number of ether oxygens (including phenoxy) is 1. The lowest BCUT2D eigenvalue weighted by molar-refractivity contribution is -0.121. The van der Waals surface area contributed by atoms with E-state index in [1.165, 1.54) is 6.92 Å². The fraction of sp³-hybridized carbons (Fsp3) is 0.364. The molecule has 0 aromatic heterocycles. The van der Waals surface area contributed by atoms with Crippen LogP contribution in [0.1, 0.15) is 30.9 Å². The molecule has 0 bridgehead atoms. The quantitative estimate of drug-likeness (QED) is 0.818. The number of carbonyl (C=O) groups excluding carboxylic acids is 2. The minimum atomic E-state index is -0.510. The SMILES string of the molecule is CC(=O)NC1(Cc2ccc(Cl)cc2)CCCN(C(=O)OCc2ccccc2)C1. The molecule has 28 heavy (non-hydrogen) atoms. The smallest absolute Gasteiger partial charge is 0.410 e. The van der Waals surface area contributed by atoms with Crippen molar-refractivity contribution < 1.29 is 14.3 Å². The van der Waals surface area contributed by atoms with Crippen molar-refractivity contribution in [2.75, 3.05) is 13.1 Å². The number of benzene rings is 2. The Hall–Kier alpha value is -2.53. The number of piperidine rings is 1. The first-order valence-electron chi connectivity index (χ1n) is 9.45. The standard InChI is InChI=1S/C22H25ClN2O3/c1-17(26)24-22(14-18-8-10-20(23)11-9-18)12-5-13-25(16-22)21(27)28-15-19-6-3-2-4-7-19/h2-4,6-11H,5,12-16H2,1H3,(H,24,26). The molecule has 0 radical (unpaired) electrons. The third kappa shape index (κ3) is 5.49. The second kappa shape index (κ2) is 9.11. The molecule has 0 spiro atoms. The molecule has 6 heteroatoms. The van der Waals surface area contributed by atoms with Crippen molar-refractivity contribution in [2.45, 2.75) is 38.3 Å². The first kappa shape index (κ1) is 20.2. The summed E-state index contributed by atoms with van der Waals surface area (Å²) in [5.41, 5.74) is 1.50. The minimum Gasteiger partial charge on any atom is -0.445 e. The van der Waals surface area contributed by atoms with Crippen LogP contribution in [0.3, 0.4) is 0 Å². The molecule has 1 saturated heterocycles. The van der Waals surface area contributed by atoms with Gasteiger partial charge in [-0.1, -0.05) is 54.1 Å². The van der Waals surface area contributed by atoms with Gasteiger partial charge in [0, 0.05) is 25.0 Å². The van der Waals surface area contributed by atoms with E-state index >= 15 is 0 Å². The Morgan fingerprint density at radius 3 is 2.50 bits per heavy atom. The molecule has 148 valence electrons. The Bertz CT molecular complexity index is 810. The van der Waals surface area contributed by atoms with E-state index in [2.05, 4.69) is 5.32 Å². The van der Waals surface area contributed by atoms with Gasteiger partial charge in [0.2, 0.25) is 5.91 Å². The van der Waals surface area contributed by atoms with Gasteiger partial charge < -0.3 is 15.0 Å². The van der Waals surface area contributed by atoms with Crippen LogP contribution in [0.2, 0.25) is 5.02 Å². The molecule has 1 N–H and O–H groups in total. The van der Waals surface area contributed by atoms with E-state index in [0.29, 0.717) is 24.5 Å². The van der Waals surface area contributed by atoms with E-state index in [9.17, 15) is 9.59 Å². The summed E-state index contributed by atoms with van der Waals surface area (Å²) < 4.78 is 5.49. The Labute approximate surface area is 170 Å². The summed E-state index contributed by atoms with van der Waals surface area (Å²) in [6.45, 7) is 2.79. The summed E-state index contributed by atoms with van der Waals surface area (Å²) >= 11 is 5.98. The van der Waals surface area contributed by atoms with Gasteiger partial charge in [-0.15, -0.1) is 0 Å². The number of nitrogens with zero attached hydrogens (tertiary/aromatic N) is 1. The molecule has 5 nitrogen and oxygen atoms in total. The van der Waals surface area contributed by atoms with E-state index in [-0.39, 0.29) is 18.6 Å².